The number of unbranched alkanes of at least 4 members (excludes halogenated alkanes) is 6. The summed E-state index contributed by atoms with van der Waals surface area (Å²) in [5.74, 6) is 0. The Balaban J connectivity index is 0.00000800. The van der Waals surface area contributed by atoms with E-state index in [0.717, 1.165) is 32.1 Å². The van der Waals surface area contributed by atoms with E-state index < -0.39 is 74.5 Å². The van der Waals surface area contributed by atoms with E-state index in [1.807, 2.05) is 0 Å². The van der Waals surface area contributed by atoms with E-state index in [1.165, 1.54) is 9.80 Å². The molecule has 0 aromatic rings. The molecule has 2 aliphatic rings. The first-order chi connectivity index (χ1) is 18.5. The quantitative estimate of drug-likeness (QED) is 0.0375. The average Bonchev–Trinajstić information content (AvgIpc) is 2.90. The minimum atomic E-state index is -1.50. The molecular formula is C23H40N2Na2O10S4. The summed E-state index contributed by atoms with van der Waals surface area (Å²) in [4.78, 5) is 2.97. The van der Waals surface area contributed by atoms with Crippen LogP contribution in [0.5, 0.6) is 0 Å². The molecule has 8 N–H and O–H groups in total. The van der Waals surface area contributed by atoms with Gasteiger partial charge in [0, 0.05) is 13.1 Å². The summed E-state index contributed by atoms with van der Waals surface area (Å²) in [6.07, 6.45) is -7.11. The summed E-state index contributed by atoms with van der Waals surface area (Å²) in [6.45, 7) is -0.291. The second-order valence-electron chi connectivity index (χ2n) is 9.83. The summed E-state index contributed by atoms with van der Waals surface area (Å²) >= 11 is 20.5. The van der Waals surface area contributed by atoms with Crippen LogP contribution < -0.4 is 59.1 Å². The zero-order valence-corrected chi connectivity index (χ0v) is 30.7. The number of aliphatic hydroxyl groups excluding tert-OH is 8. The maximum absolute atomic E-state index is 10.3. The minimum Gasteiger partial charge on any atom is -0.411 e. The van der Waals surface area contributed by atoms with Crippen molar-refractivity contribution in [3.63, 3.8) is 0 Å². The van der Waals surface area contributed by atoms with Crippen LogP contribution in [-0.2, 0) is 34.7 Å². The SMILES string of the molecule is OC[C@H]1OC(N(CCCCCCCCCN(C(=S)[S-])C2O[C@H](CO)[C@@H](O)[C@H](O)[C@H]2O)C(=S)[S-])[C@H](O)[C@@H](O)[C@@H]1O.[Na+].[Na+]. The van der Waals surface area contributed by atoms with Gasteiger partial charge in [-0.25, -0.2) is 0 Å². The van der Waals surface area contributed by atoms with Crippen molar-refractivity contribution in [1.82, 2.24) is 9.80 Å². The van der Waals surface area contributed by atoms with Gasteiger partial charge in [0.05, 0.1) is 13.2 Å². The molecule has 12 nitrogen and oxygen atoms in total. The third-order valence-corrected chi connectivity index (χ3v) is 8.05. The Labute approximate surface area is 307 Å². The Kier molecular flexibility index (Phi) is 22.5. The van der Waals surface area contributed by atoms with Gasteiger partial charge >= 0.3 is 59.1 Å². The van der Waals surface area contributed by atoms with Gasteiger partial charge in [-0.05, 0) is 12.8 Å². The van der Waals surface area contributed by atoms with Crippen molar-refractivity contribution in [2.75, 3.05) is 26.3 Å². The molecule has 0 aromatic heterocycles. The number of thiocarbonyl (C=S) groups is 2. The fourth-order valence-electron chi connectivity index (χ4n) is 4.77. The van der Waals surface area contributed by atoms with Crippen molar-refractivity contribution in [2.45, 2.75) is 106 Å². The molecule has 0 aliphatic carbocycles. The molecule has 2 fully saturated rings. The van der Waals surface area contributed by atoms with Gasteiger partial charge in [0.25, 0.3) is 0 Å². The molecule has 0 spiro atoms. The van der Waals surface area contributed by atoms with Gasteiger partial charge in [-0.1, -0.05) is 40.7 Å². The van der Waals surface area contributed by atoms with E-state index >= 15 is 0 Å². The first kappa shape index (κ1) is 42.8. The van der Waals surface area contributed by atoms with Gasteiger partial charge in [-0.15, -0.1) is 0 Å². The Hall–Kier alpha value is 1.82. The summed E-state index contributed by atoms with van der Waals surface area (Å²) in [6, 6.07) is 0. The number of rotatable bonds is 14. The molecule has 2 heterocycles. The Morgan fingerprint density at radius 3 is 1.10 bits per heavy atom. The predicted molar refractivity (Wildman–Crippen MR) is 153 cm³/mol. The number of ether oxygens (including phenoxy) is 2. The molecule has 2 aliphatic heterocycles. The van der Waals surface area contributed by atoms with Crippen molar-refractivity contribution >= 4 is 58.3 Å². The molecule has 2 rings (SSSR count). The smallest absolute Gasteiger partial charge is 0.411 e. The number of hydrogen-bond donors (Lipinski definition) is 8. The van der Waals surface area contributed by atoms with Crippen molar-refractivity contribution in [3.8, 4) is 0 Å². The molecule has 228 valence electrons. The third-order valence-electron chi connectivity index (χ3n) is 7.12. The molecule has 0 radical (unpaired) electrons. The average molecular weight is 679 g/mol. The van der Waals surface area contributed by atoms with E-state index in [0.29, 0.717) is 25.9 Å². The van der Waals surface area contributed by atoms with E-state index in [1.54, 1.807) is 0 Å². The molecule has 0 aromatic carbocycles. The van der Waals surface area contributed by atoms with Crippen LogP contribution in [0.1, 0.15) is 44.9 Å². The zero-order valence-electron chi connectivity index (χ0n) is 23.5. The number of nitrogens with zero attached hydrogens (tertiary/aromatic N) is 2. The second-order valence-corrected chi connectivity index (χ2v) is 11.9. The largest absolute Gasteiger partial charge is 1.00 e. The molecule has 18 heteroatoms. The van der Waals surface area contributed by atoms with E-state index in [4.69, 9.17) is 59.2 Å². The molecule has 0 saturated carbocycles. The molecule has 10 atom stereocenters. The van der Waals surface area contributed by atoms with Crippen LogP contribution in [0.3, 0.4) is 0 Å². The topological polar surface area (TPSA) is 187 Å². The number of hydrogen-bond acceptors (Lipinski definition) is 14. The maximum Gasteiger partial charge on any atom is 1.00 e. The van der Waals surface area contributed by atoms with Gasteiger partial charge in [0.2, 0.25) is 0 Å². The van der Waals surface area contributed by atoms with E-state index in [2.05, 4.69) is 0 Å². The monoisotopic (exact) mass is 678 g/mol. The van der Waals surface area contributed by atoms with Crippen molar-refractivity contribution in [3.05, 3.63) is 0 Å². The van der Waals surface area contributed by atoms with Crippen LogP contribution >= 0.6 is 24.4 Å². The van der Waals surface area contributed by atoms with Crippen molar-refractivity contribution < 1.29 is 109 Å². The fourth-order valence-corrected chi connectivity index (χ4v) is 5.55. The van der Waals surface area contributed by atoms with Gasteiger partial charge in [-0.2, -0.15) is 0 Å². The maximum atomic E-state index is 10.3. The van der Waals surface area contributed by atoms with Crippen LogP contribution in [-0.4, -0.2) is 147 Å². The Bertz CT molecular complexity index is 722. The van der Waals surface area contributed by atoms with Crippen molar-refractivity contribution in [1.29, 1.82) is 0 Å². The molecule has 41 heavy (non-hydrogen) atoms. The summed E-state index contributed by atoms with van der Waals surface area (Å²) in [5.41, 5.74) is 0. The van der Waals surface area contributed by atoms with Crippen LogP contribution in [0.25, 0.3) is 0 Å². The third kappa shape index (κ3) is 12.2. The number of aliphatic hydroxyl groups is 8. The standard InChI is InChI=1S/C23H42N2O10S4.2Na/c26-10-12-14(28)16(30)18(32)20(34-12)24(22(36)37)8-6-4-2-1-3-5-7-9-25(23(38)39)21-19(33)17(31)15(29)13(11-27)35-21;;/h12-21,26-33H,1-11H2,(H,36,37)(H,38,39);;/q;2*+1/p-2/t12-,13-,14-,15-,16+,17+,18-,19-,20?,21?;;/m1../s1. The van der Waals surface area contributed by atoms with Gasteiger partial charge in [-0.3, -0.25) is 0 Å². The Morgan fingerprint density at radius 2 is 0.829 bits per heavy atom. The van der Waals surface area contributed by atoms with Crippen LogP contribution in [0.15, 0.2) is 0 Å². The first-order valence-electron chi connectivity index (χ1n) is 13.0. The minimum absolute atomic E-state index is 0. The summed E-state index contributed by atoms with van der Waals surface area (Å²) in [7, 11) is 0. The Morgan fingerprint density at radius 1 is 0.537 bits per heavy atom. The zero-order chi connectivity index (χ0) is 29.3. The predicted octanol–water partition coefficient (Wildman–Crippen LogP) is -8.41. The van der Waals surface area contributed by atoms with Crippen LogP contribution in [0.2, 0.25) is 0 Å². The molecule has 2 unspecified atom stereocenters. The molecule has 2 saturated heterocycles. The van der Waals surface area contributed by atoms with Crippen LogP contribution in [0.4, 0.5) is 0 Å². The summed E-state index contributed by atoms with van der Waals surface area (Å²) in [5, 5.41) is 79.5. The van der Waals surface area contributed by atoms with Gasteiger partial charge < -0.3 is 110 Å². The molecule has 0 bridgehead atoms. The van der Waals surface area contributed by atoms with Crippen LogP contribution in [0, 0.1) is 0 Å². The molecule has 0 amide bonds. The first-order valence-corrected chi connectivity index (χ1v) is 14.7. The van der Waals surface area contributed by atoms with E-state index in [9.17, 15) is 40.9 Å². The van der Waals surface area contributed by atoms with Crippen molar-refractivity contribution in [2.24, 2.45) is 0 Å². The van der Waals surface area contributed by atoms with E-state index in [-0.39, 0.29) is 67.8 Å². The second kappa shape index (κ2) is 21.6. The normalized spacial score (nSPS) is 33.3. The summed E-state index contributed by atoms with van der Waals surface area (Å²) < 4.78 is 11.2. The fraction of sp³-hybridized carbons (Fsp3) is 0.913. The van der Waals surface area contributed by atoms with Gasteiger partial charge in [0.15, 0.2) is 12.5 Å². The van der Waals surface area contributed by atoms with Gasteiger partial charge in [0.1, 0.15) is 48.8 Å². The molecular weight excluding hydrogens is 639 g/mol.